The minimum atomic E-state index is -0.0893. The Balaban J connectivity index is 2.47. The molecule has 0 aromatic rings. The highest BCUT2D eigenvalue weighted by molar-refractivity contribution is 4.80. The number of nitrogens with zero attached hydrogens (tertiary/aromatic N) is 1. The largest absolute Gasteiger partial charge is 0.392 e. The van der Waals surface area contributed by atoms with E-state index in [-0.39, 0.29) is 6.10 Å². The van der Waals surface area contributed by atoms with Crippen LogP contribution in [-0.4, -0.2) is 34.7 Å². The molecule has 0 radical (unpaired) electrons. The molecular formula is C9H19NO. The van der Waals surface area contributed by atoms with Crippen LogP contribution in [0.2, 0.25) is 0 Å². The Morgan fingerprint density at radius 2 is 2.00 bits per heavy atom. The molecule has 1 N–H and O–H groups in total. The fourth-order valence-corrected chi connectivity index (χ4v) is 1.83. The molecule has 0 amide bonds. The average Bonchev–Trinajstić information content (AvgIpc) is 1.94. The number of piperidine rings is 1. The fraction of sp³-hybridized carbons (Fsp3) is 1.00. The van der Waals surface area contributed by atoms with Crippen molar-refractivity contribution >= 4 is 0 Å². The van der Waals surface area contributed by atoms with Gasteiger partial charge in [0.15, 0.2) is 0 Å². The van der Waals surface area contributed by atoms with Gasteiger partial charge in [-0.2, -0.15) is 0 Å². The molecule has 11 heavy (non-hydrogen) atoms. The van der Waals surface area contributed by atoms with Gasteiger partial charge >= 0.3 is 0 Å². The van der Waals surface area contributed by atoms with E-state index >= 15 is 0 Å². The maximum Gasteiger partial charge on any atom is 0.0667 e. The molecule has 1 saturated heterocycles. The lowest BCUT2D eigenvalue weighted by molar-refractivity contribution is 0.0234. The first-order valence-corrected chi connectivity index (χ1v) is 4.55. The van der Waals surface area contributed by atoms with Gasteiger partial charge in [-0.1, -0.05) is 0 Å². The van der Waals surface area contributed by atoms with Crippen molar-refractivity contribution in [1.82, 2.24) is 4.90 Å². The number of aliphatic hydroxyl groups is 1. The lowest BCUT2D eigenvalue weighted by atomic mass is 10.00. The van der Waals surface area contributed by atoms with E-state index in [1.807, 2.05) is 0 Å². The summed E-state index contributed by atoms with van der Waals surface area (Å²) in [5.74, 6) is 0. The molecule has 0 aliphatic carbocycles. The van der Waals surface area contributed by atoms with E-state index in [1.54, 1.807) is 0 Å². The third kappa shape index (κ3) is 2.17. The number of likely N-dealkylation sites (tertiary alicyclic amines) is 1. The van der Waals surface area contributed by atoms with Crippen LogP contribution in [0.15, 0.2) is 0 Å². The van der Waals surface area contributed by atoms with Crippen molar-refractivity contribution in [1.29, 1.82) is 0 Å². The number of aliphatic hydroxyl groups excluding tert-OH is 1. The standard InChI is InChI=1S/C9H19NO/c1-7(2)10-6-9(11)5-4-8(10)3/h7-9,11H,4-6H2,1-3H3. The maximum atomic E-state index is 9.40. The molecule has 1 rings (SSSR count). The zero-order chi connectivity index (χ0) is 8.43. The van der Waals surface area contributed by atoms with Gasteiger partial charge in [0.05, 0.1) is 6.10 Å². The number of hydrogen-bond acceptors (Lipinski definition) is 2. The van der Waals surface area contributed by atoms with Crippen molar-refractivity contribution in [3.05, 3.63) is 0 Å². The molecule has 2 atom stereocenters. The van der Waals surface area contributed by atoms with Gasteiger partial charge in [0.1, 0.15) is 0 Å². The molecule has 0 bridgehead atoms. The molecule has 66 valence electrons. The van der Waals surface area contributed by atoms with Crippen molar-refractivity contribution in [3.8, 4) is 0 Å². The molecule has 0 spiro atoms. The highest BCUT2D eigenvalue weighted by Crippen LogP contribution is 2.18. The molecule has 2 nitrogen and oxygen atoms in total. The van der Waals surface area contributed by atoms with Crippen LogP contribution in [0.25, 0.3) is 0 Å². The Hall–Kier alpha value is -0.0800. The van der Waals surface area contributed by atoms with Crippen LogP contribution in [0.3, 0.4) is 0 Å². The van der Waals surface area contributed by atoms with Crippen LogP contribution < -0.4 is 0 Å². The third-order valence-corrected chi connectivity index (χ3v) is 2.57. The summed E-state index contributed by atoms with van der Waals surface area (Å²) in [5, 5.41) is 9.40. The predicted molar refractivity (Wildman–Crippen MR) is 46.5 cm³/mol. The molecule has 0 aromatic carbocycles. The highest BCUT2D eigenvalue weighted by Gasteiger charge is 2.25. The highest BCUT2D eigenvalue weighted by atomic mass is 16.3. The van der Waals surface area contributed by atoms with E-state index in [2.05, 4.69) is 25.7 Å². The third-order valence-electron chi connectivity index (χ3n) is 2.57. The Morgan fingerprint density at radius 1 is 1.36 bits per heavy atom. The van der Waals surface area contributed by atoms with Crippen LogP contribution in [0.4, 0.5) is 0 Å². The predicted octanol–water partition coefficient (Wildman–Crippen LogP) is 1.24. The fourth-order valence-electron chi connectivity index (χ4n) is 1.83. The second kappa shape index (κ2) is 3.55. The van der Waals surface area contributed by atoms with Crippen LogP contribution in [0.1, 0.15) is 33.6 Å². The van der Waals surface area contributed by atoms with Gasteiger partial charge < -0.3 is 5.11 Å². The molecule has 1 aliphatic rings. The SMILES string of the molecule is CC(C)N1CC(O)CCC1C. The summed E-state index contributed by atoms with van der Waals surface area (Å²) in [6.07, 6.45) is 2.03. The number of hydrogen-bond donors (Lipinski definition) is 1. The van der Waals surface area contributed by atoms with Gasteiger partial charge in [-0.25, -0.2) is 0 Å². The van der Waals surface area contributed by atoms with Gasteiger partial charge in [0.2, 0.25) is 0 Å². The maximum absolute atomic E-state index is 9.40. The van der Waals surface area contributed by atoms with Crippen LogP contribution in [0.5, 0.6) is 0 Å². The lowest BCUT2D eigenvalue weighted by Crippen LogP contribution is -2.47. The van der Waals surface area contributed by atoms with Crippen LogP contribution >= 0.6 is 0 Å². The summed E-state index contributed by atoms with van der Waals surface area (Å²) in [7, 11) is 0. The topological polar surface area (TPSA) is 23.5 Å². The summed E-state index contributed by atoms with van der Waals surface area (Å²) in [6.45, 7) is 7.48. The Bertz CT molecular complexity index is 125. The second-order valence-electron chi connectivity index (χ2n) is 3.87. The average molecular weight is 157 g/mol. The van der Waals surface area contributed by atoms with Gasteiger partial charge in [0.25, 0.3) is 0 Å². The second-order valence-corrected chi connectivity index (χ2v) is 3.87. The smallest absolute Gasteiger partial charge is 0.0667 e. The van der Waals surface area contributed by atoms with E-state index in [9.17, 15) is 5.11 Å². The summed E-state index contributed by atoms with van der Waals surface area (Å²) < 4.78 is 0. The summed E-state index contributed by atoms with van der Waals surface area (Å²) in [6, 6.07) is 1.22. The van der Waals surface area contributed by atoms with Gasteiger partial charge in [-0.15, -0.1) is 0 Å². The lowest BCUT2D eigenvalue weighted by Gasteiger charge is -2.38. The first-order valence-electron chi connectivity index (χ1n) is 4.55. The molecule has 2 heteroatoms. The molecule has 0 saturated carbocycles. The Kier molecular flexibility index (Phi) is 2.90. The summed E-state index contributed by atoms with van der Waals surface area (Å²) in [5.41, 5.74) is 0. The molecule has 1 fully saturated rings. The summed E-state index contributed by atoms with van der Waals surface area (Å²) >= 11 is 0. The van der Waals surface area contributed by atoms with E-state index in [4.69, 9.17) is 0 Å². The van der Waals surface area contributed by atoms with Gasteiger partial charge in [0, 0.05) is 18.6 Å². The van der Waals surface area contributed by atoms with Crippen molar-refractivity contribution in [3.63, 3.8) is 0 Å². The minimum absolute atomic E-state index is 0.0893. The molecule has 2 unspecified atom stereocenters. The van der Waals surface area contributed by atoms with Crippen molar-refractivity contribution < 1.29 is 5.11 Å². The van der Waals surface area contributed by atoms with Gasteiger partial charge in [-0.3, -0.25) is 4.90 Å². The quantitative estimate of drug-likeness (QED) is 0.619. The normalized spacial score (nSPS) is 34.6. The van der Waals surface area contributed by atoms with Crippen molar-refractivity contribution in [2.75, 3.05) is 6.54 Å². The van der Waals surface area contributed by atoms with E-state index in [1.165, 1.54) is 0 Å². The zero-order valence-electron chi connectivity index (χ0n) is 7.75. The Morgan fingerprint density at radius 3 is 2.45 bits per heavy atom. The van der Waals surface area contributed by atoms with Gasteiger partial charge in [-0.05, 0) is 33.6 Å². The summed E-state index contributed by atoms with van der Waals surface area (Å²) in [4.78, 5) is 2.37. The number of β-amino-alcohol motifs (C(OH)–C–C–N with tert-alkyl or cyclic N) is 1. The van der Waals surface area contributed by atoms with Crippen molar-refractivity contribution in [2.24, 2.45) is 0 Å². The number of rotatable bonds is 1. The molecular weight excluding hydrogens is 138 g/mol. The molecule has 1 heterocycles. The van der Waals surface area contributed by atoms with E-state index in [0.29, 0.717) is 12.1 Å². The molecule has 1 aliphatic heterocycles. The first-order chi connectivity index (χ1) is 5.11. The van der Waals surface area contributed by atoms with E-state index < -0.39 is 0 Å². The first kappa shape index (κ1) is 9.01. The molecule has 0 aromatic heterocycles. The monoisotopic (exact) mass is 157 g/mol. The Labute approximate surface area is 69.2 Å². The zero-order valence-corrected chi connectivity index (χ0v) is 7.75. The minimum Gasteiger partial charge on any atom is -0.392 e. The van der Waals surface area contributed by atoms with E-state index in [0.717, 1.165) is 19.4 Å². The van der Waals surface area contributed by atoms with Crippen LogP contribution in [0, 0.1) is 0 Å². The van der Waals surface area contributed by atoms with Crippen molar-refractivity contribution in [2.45, 2.75) is 51.8 Å². The van der Waals surface area contributed by atoms with Crippen LogP contribution in [-0.2, 0) is 0 Å².